The van der Waals surface area contributed by atoms with Crippen molar-refractivity contribution in [3.05, 3.63) is 33.1 Å². The molecule has 2 aliphatic heterocycles. The number of nitrogens with zero attached hydrogens (tertiary/aromatic N) is 1. The zero-order chi connectivity index (χ0) is 21.9. The molecule has 0 aliphatic carbocycles. The maximum absolute atomic E-state index is 12.9. The summed E-state index contributed by atoms with van der Waals surface area (Å²) in [7, 11) is -3.85. The van der Waals surface area contributed by atoms with E-state index in [0.717, 1.165) is 23.5 Å². The first-order valence-corrected chi connectivity index (χ1v) is 11.3. The van der Waals surface area contributed by atoms with Gasteiger partial charge >= 0.3 is 19.4 Å². The minimum atomic E-state index is -3.85. The topological polar surface area (TPSA) is 158 Å². The third kappa shape index (κ3) is 5.08. The number of carbonyl (C=O) groups excluding carboxylic acids is 1. The van der Waals surface area contributed by atoms with Crippen LogP contribution in [0.4, 0.5) is 0 Å². The van der Waals surface area contributed by atoms with Gasteiger partial charge in [-0.15, -0.1) is 0 Å². The third-order valence-corrected chi connectivity index (χ3v) is 6.62. The Morgan fingerprint density at radius 1 is 1.43 bits per heavy atom. The van der Waals surface area contributed by atoms with E-state index in [0.29, 0.717) is 0 Å². The number of rotatable bonds is 7. The molecule has 1 aromatic rings. The van der Waals surface area contributed by atoms with Gasteiger partial charge < -0.3 is 14.6 Å². The molecule has 1 aromatic heterocycles. The first kappa shape index (κ1) is 22.9. The lowest BCUT2D eigenvalue weighted by Gasteiger charge is -2.22. The van der Waals surface area contributed by atoms with E-state index in [-0.39, 0.29) is 19.8 Å². The van der Waals surface area contributed by atoms with Crippen LogP contribution in [0.1, 0.15) is 32.9 Å². The van der Waals surface area contributed by atoms with Crippen molar-refractivity contribution in [2.75, 3.05) is 19.8 Å². The highest BCUT2D eigenvalue weighted by Crippen LogP contribution is 2.50. The zero-order valence-electron chi connectivity index (χ0n) is 16.7. The summed E-state index contributed by atoms with van der Waals surface area (Å²) >= 11 is 0. The highest BCUT2D eigenvalue weighted by atomic mass is 31.2. The summed E-state index contributed by atoms with van der Waals surface area (Å²) in [6.45, 7) is 3.33. The average molecular weight is 447 g/mol. The highest BCUT2D eigenvalue weighted by molar-refractivity contribution is 7.51. The Morgan fingerprint density at radius 2 is 2.17 bits per heavy atom. The van der Waals surface area contributed by atoms with Crippen LogP contribution in [0.3, 0.4) is 0 Å². The maximum atomic E-state index is 12.9. The van der Waals surface area contributed by atoms with Crippen LogP contribution in [0.15, 0.2) is 21.9 Å². The van der Waals surface area contributed by atoms with Crippen LogP contribution >= 0.6 is 7.75 Å². The number of H-pyrrole nitrogens is 1. The second-order valence-electron chi connectivity index (χ2n) is 7.20. The molecule has 2 fully saturated rings. The Balaban J connectivity index is 1.63. The molecule has 1 unspecified atom stereocenters. The molecule has 6 atom stereocenters. The van der Waals surface area contributed by atoms with E-state index >= 15 is 0 Å². The van der Waals surface area contributed by atoms with Crippen molar-refractivity contribution in [2.24, 2.45) is 5.92 Å². The number of unbranched alkanes of at least 4 members (excludes halogenated alkanes) is 1. The zero-order valence-corrected chi connectivity index (χ0v) is 17.6. The SMILES string of the molecule is CCCCOC(=O)[C@H](C)NP1(=O)OC[C@H]2[C@@H](O)[C@H](n3ccc(=O)[nH]c3=O)O[C@@H]2CO1. The number of aromatic amines is 1. The van der Waals surface area contributed by atoms with Gasteiger partial charge in [-0.3, -0.25) is 28.2 Å². The molecule has 0 saturated carbocycles. The summed E-state index contributed by atoms with van der Waals surface area (Å²) in [5.41, 5.74) is -1.30. The molecule has 0 bridgehead atoms. The molecule has 2 aliphatic rings. The highest BCUT2D eigenvalue weighted by Gasteiger charge is 2.49. The molecular formula is C17H26N3O9P. The van der Waals surface area contributed by atoms with E-state index in [1.54, 1.807) is 0 Å². The lowest BCUT2D eigenvalue weighted by Crippen LogP contribution is -2.37. The number of hydrogen-bond acceptors (Lipinski definition) is 9. The monoisotopic (exact) mass is 447 g/mol. The van der Waals surface area contributed by atoms with Gasteiger partial charge in [-0.1, -0.05) is 13.3 Å². The molecule has 30 heavy (non-hydrogen) atoms. The standard InChI is InChI=1S/C17H26N3O9P/c1-3-4-7-26-16(23)10(2)19-30(25)27-8-11-12(9-28-30)29-15(14(11)22)20-6-5-13(21)18-17(20)24/h5-6,10-12,14-15,22H,3-4,7-9H2,1-2H3,(H,19,25)(H,18,21,24)/t10-,11+,12+,14+,15+,30?/m0/s1. The largest absolute Gasteiger partial charge is 0.465 e. The predicted octanol–water partition coefficient (Wildman–Crippen LogP) is -0.113. The fraction of sp³-hybridized carbons (Fsp3) is 0.706. The lowest BCUT2D eigenvalue weighted by atomic mass is 9.99. The Morgan fingerprint density at radius 3 is 2.87 bits per heavy atom. The van der Waals surface area contributed by atoms with Crippen molar-refractivity contribution in [1.29, 1.82) is 0 Å². The van der Waals surface area contributed by atoms with Gasteiger partial charge in [0.2, 0.25) is 0 Å². The molecule has 0 aromatic carbocycles. The van der Waals surface area contributed by atoms with Crippen molar-refractivity contribution < 1.29 is 33.0 Å². The summed E-state index contributed by atoms with van der Waals surface area (Å²) < 4.78 is 35.5. The van der Waals surface area contributed by atoms with Crippen LogP contribution in [0, 0.1) is 5.92 Å². The van der Waals surface area contributed by atoms with Crippen LogP contribution in [-0.2, 0) is 27.9 Å². The van der Waals surface area contributed by atoms with Crippen LogP contribution < -0.4 is 16.3 Å². The number of ether oxygens (including phenoxy) is 2. The molecule has 0 spiro atoms. The van der Waals surface area contributed by atoms with Gasteiger partial charge in [-0.2, -0.15) is 0 Å². The van der Waals surface area contributed by atoms with Gasteiger partial charge in [0, 0.05) is 18.2 Å². The van der Waals surface area contributed by atoms with E-state index in [9.17, 15) is 24.1 Å². The van der Waals surface area contributed by atoms with E-state index in [1.165, 1.54) is 13.1 Å². The quantitative estimate of drug-likeness (QED) is 0.292. The number of aromatic nitrogens is 2. The Bertz CT molecular complexity index is 916. The lowest BCUT2D eigenvalue weighted by molar-refractivity contribution is -0.145. The second-order valence-corrected chi connectivity index (χ2v) is 8.97. The molecular weight excluding hydrogens is 421 g/mol. The third-order valence-electron chi connectivity index (χ3n) is 4.94. The predicted molar refractivity (Wildman–Crippen MR) is 103 cm³/mol. The minimum absolute atomic E-state index is 0.192. The fourth-order valence-corrected chi connectivity index (χ4v) is 4.73. The molecule has 3 heterocycles. The first-order valence-electron chi connectivity index (χ1n) is 9.72. The van der Waals surface area contributed by atoms with E-state index in [1.807, 2.05) is 6.92 Å². The van der Waals surface area contributed by atoms with Gasteiger partial charge in [0.15, 0.2) is 6.23 Å². The number of nitrogens with one attached hydrogen (secondary N) is 2. The number of esters is 1. The van der Waals surface area contributed by atoms with E-state index < -0.39 is 55.4 Å². The van der Waals surface area contributed by atoms with Gasteiger partial charge in [-0.25, -0.2) is 14.4 Å². The summed E-state index contributed by atoms with van der Waals surface area (Å²) in [4.78, 5) is 37.3. The number of fused-ring (bicyclic) bond motifs is 1. The molecule has 2 saturated heterocycles. The molecule has 12 nitrogen and oxygen atoms in total. The molecule has 3 rings (SSSR count). The molecule has 13 heteroatoms. The number of carbonyl (C=O) groups is 1. The van der Waals surface area contributed by atoms with Gasteiger partial charge in [-0.05, 0) is 13.3 Å². The Labute approximate surface area is 172 Å². The average Bonchev–Trinajstić information content (AvgIpc) is 2.90. The van der Waals surface area contributed by atoms with Crippen LogP contribution in [0.5, 0.6) is 0 Å². The molecule has 0 amide bonds. The van der Waals surface area contributed by atoms with Crippen molar-refractivity contribution in [3.63, 3.8) is 0 Å². The Kier molecular flexibility index (Phi) is 7.27. The number of aliphatic hydroxyl groups is 1. The normalized spacial score (nSPS) is 32.2. The number of aliphatic hydroxyl groups excluding tert-OH is 1. The summed E-state index contributed by atoms with van der Waals surface area (Å²) in [6, 6.07) is 0.210. The summed E-state index contributed by atoms with van der Waals surface area (Å²) in [6.07, 6.45) is -0.133. The van der Waals surface area contributed by atoms with Gasteiger partial charge in [0.1, 0.15) is 12.1 Å². The fourth-order valence-electron chi connectivity index (χ4n) is 3.22. The Hall–Kier alpha value is -1.82. The van der Waals surface area contributed by atoms with E-state index in [2.05, 4.69) is 10.1 Å². The maximum Gasteiger partial charge on any atom is 0.406 e. The van der Waals surface area contributed by atoms with Crippen LogP contribution in [0.25, 0.3) is 0 Å². The summed E-state index contributed by atoms with van der Waals surface area (Å²) in [5, 5.41) is 13.1. The van der Waals surface area contributed by atoms with Crippen molar-refractivity contribution in [1.82, 2.24) is 14.6 Å². The minimum Gasteiger partial charge on any atom is -0.465 e. The van der Waals surface area contributed by atoms with E-state index in [4.69, 9.17) is 18.5 Å². The second kappa shape index (κ2) is 9.54. The first-order chi connectivity index (χ1) is 14.2. The van der Waals surface area contributed by atoms with Gasteiger partial charge in [0.05, 0.1) is 25.9 Å². The van der Waals surface area contributed by atoms with Crippen molar-refractivity contribution in [2.45, 2.75) is 51.2 Å². The number of hydrogen-bond donors (Lipinski definition) is 3. The molecule has 0 radical (unpaired) electrons. The van der Waals surface area contributed by atoms with Crippen molar-refractivity contribution >= 4 is 13.7 Å². The summed E-state index contributed by atoms with van der Waals surface area (Å²) in [5.74, 6) is -1.22. The van der Waals surface area contributed by atoms with Crippen LogP contribution in [-0.4, -0.2) is 58.7 Å². The smallest absolute Gasteiger partial charge is 0.406 e. The van der Waals surface area contributed by atoms with Gasteiger partial charge in [0.25, 0.3) is 5.56 Å². The molecule has 168 valence electrons. The van der Waals surface area contributed by atoms with Crippen molar-refractivity contribution in [3.8, 4) is 0 Å². The van der Waals surface area contributed by atoms with Crippen LogP contribution in [0.2, 0.25) is 0 Å². The molecule has 3 N–H and O–H groups in total.